The third-order valence-corrected chi connectivity index (χ3v) is 5.03. The Hall–Kier alpha value is -4.74. The molecule has 0 unspecified atom stereocenters. The number of anilines is 4. The Morgan fingerprint density at radius 3 is 2.53 bits per heavy atom. The molecule has 5 N–H and O–H groups in total. The van der Waals surface area contributed by atoms with E-state index < -0.39 is 17.7 Å². The van der Waals surface area contributed by atoms with Crippen LogP contribution in [0.3, 0.4) is 0 Å². The molecule has 3 aromatic heterocycles. The van der Waals surface area contributed by atoms with E-state index >= 15 is 0 Å². The highest BCUT2D eigenvalue weighted by molar-refractivity contribution is 5.80. The highest BCUT2D eigenvalue weighted by atomic mass is 19.1. The Kier molecular flexibility index (Phi) is 5.38. The van der Waals surface area contributed by atoms with Gasteiger partial charge < -0.3 is 16.4 Å². The number of H-pyrrole nitrogens is 1. The summed E-state index contributed by atoms with van der Waals surface area (Å²) in [7, 11) is 0. The first kappa shape index (κ1) is 21.1. The lowest BCUT2D eigenvalue weighted by atomic mass is 10.1. The van der Waals surface area contributed by atoms with E-state index in [1.54, 1.807) is 25.4 Å². The van der Waals surface area contributed by atoms with Gasteiger partial charge in [-0.1, -0.05) is 12.1 Å². The van der Waals surface area contributed by atoms with Gasteiger partial charge in [0.1, 0.15) is 11.6 Å². The third-order valence-electron chi connectivity index (χ3n) is 5.03. The highest BCUT2D eigenvalue weighted by Crippen LogP contribution is 2.25. The summed E-state index contributed by atoms with van der Waals surface area (Å²) >= 11 is 0. The summed E-state index contributed by atoms with van der Waals surface area (Å²) in [5.41, 5.74) is 9.25. The number of rotatable bonds is 6. The van der Waals surface area contributed by atoms with E-state index in [0.29, 0.717) is 5.82 Å². The van der Waals surface area contributed by atoms with Crippen LogP contribution in [0.5, 0.6) is 0 Å². The molecule has 0 saturated heterocycles. The molecular formula is C22H18F2N10. The van der Waals surface area contributed by atoms with Crippen molar-refractivity contribution in [3.8, 4) is 11.3 Å². The van der Waals surface area contributed by atoms with Gasteiger partial charge >= 0.3 is 0 Å². The minimum absolute atomic E-state index is 0.0457. The molecule has 3 heterocycles. The molecule has 0 aliphatic carbocycles. The number of fused-ring (bicyclic) bond motifs is 1. The smallest absolute Gasteiger partial charge is 0.235 e. The molecule has 5 rings (SSSR count). The zero-order valence-electron chi connectivity index (χ0n) is 17.8. The van der Waals surface area contributed by atoms with Crippen molar-refractivity contribution in [3.05, 3.63) is 72.1 Å². The van der Waals surface area contributed by atoms with Crippen molar-refractivity contribution in [2.75, 3.05) is 16.4 Å². The van der Waals surface area contributed by atoms with Gasteiger partial charge in [0.25, 0.3) is 0 Å². The van der Waals surface area contributed by atoms with Crippen LogP contribution in [-0.2, 0) is 0 Å². The summed E-state index contributed by atoms with van der Waals surface area (Å²) in [6.07, 6.45) is 3.27. The van der Waals surface area contributed by atoms with E-state index in [-0.39, 0.29) is 23.4 Å². The Morgan fingerprint density at radius 1 is 0.912 bits per heavy atom. The van der Waals surface area contributed by atoms with Crippen molar-refractivity contribution < 1.29 is 8.78 Å². The van der Waals surface area contributed by atoms with Crippen LogP contribution in [0.2, 0.25) is 0 Å². The molecule has 10 nitrogen and oxygen atoms in total. The van der Waals surface area contributed by atoms with Crippen molar-refractivity contribution in [3.63, 3.8) is 0 Å². The molecule has 12 heteroatoms. The summed E-state index contributed by atoms with van der Waals surface area (Å²) in [4.78, 5) is 21.0. The molecule has 0 fully saturated rings. The van der Waals surface area contributed by atoms with Gasteiger partial charge in [0.15, 0.2) is 5.82 Å². The second-order valence-electron chi connectivity index (χ2n) is 7.42. The van der Waals surface area contributed by atoms with Crippen LogP contribution in [0.25, 0.3) is 22.3 Å². The van der Waals surface area contributed by atoms with Gasteiger partial charge in [-0.2, -0.15) is 20.1 Å². The van der Waals surface area contributed by atoms with Gasteiger partial charge in [0.05, 0.1) is 22.8 Å². The van der Waals surface area contributed by atoms with Crippen LogP contribution in [0.15, 0.2) is 54.9 Å². The van der Waals surface area contributed by atoms with Crippen LogP contribution < -0.4 is 16.4 Å². The standard InChI is InChI=1S/C22H18F2N10/c1-11(14-4-3-13(23)9-15(14)24)28-21-30-20(25)31-22(32-21)29-19-10-17(33-34-19)12-2-5-16-18(8-12)27-7-6-26-16/h2-11H,1H3,(H5,25,28,29,30,31,32,33,34)/t11-/m0/s1. The summed E-state index contributed by atoms with van der Waals surface area (Å²) in [6, 6.07) is 10.3. The molecule has 170 valence electrons. The molecule has 0 aliphatic rings. The van der Waals surface area contributed by atoms with Crippen molar-refractivity contribution in [1.82, 2.24) is 35.1 Å². The predicted octanol–water partition coefficient (Wildman–Crippen LogP) is 3.98. The van der Waals surface area contributed by atoms with Crippen molar-refractivity contribution in [2.24, 2.45) is 0 Å². The highest BCUT2D eigenvalue weighted by Gasteiger charge is 2.15. The second-order valence-corrected chi connectivity index (χ2v) is 7.42. The van der Waals surface area contributed by atoms with Crippen LogP contribution in [0, 0.1) is 11.6 Å². The molecular weight excluding hydrogens is 442 g/mol. The first-order chi connectivity index (χ1) is 16.4. The Bertz CT molecular complexity index is 1490. The van der Waals surface area contributed by atoms with Crippen LogP contribution >= 0.6 is 0 Å². The minimum atomic E-state index is -0.677. The molecule has 0 amide bonds. The number of benzene rings is 2. The Balaban J connectivity index is 1.34. The zero-order chi connectivity index (χ0) is 23.7. The van der Waals surface area contributed by atoms with Gasteiger partial charge in [-0.3, -0.25) is 15.1 Å². The average molecular weight is 460 g/mol. The largest absolute Gasteiger partial charge is 0.368 e. The minimum Gasteiger partial charge on any atom is -0.368 e. The molecule has 2 aromatic carbocycles. The van der Waals surface area contributed by atoms with Crippen molar-refractivity contribution >= 4 is 34.7 Å². The van der Waals surface area contributed by atoms with Crippen molar-refractivity contribution in [2.45, 2.75) is 13.0 Å². The van der Waals surface area contributed by atoms with Crippen LogP contribution in [0.1, 0.15) is 18.5 Å². The fourth-order valence-corrected chi connectivity index (χ4v) is 3.42. The number of halogens is 2. The summed E-state index contributed by atoms with van der Waals surface area (Å²) < 4.78 is 27.3. The van der Waals surface area contributed by atoms with Gasteiger partial charge in [-0.15, -0.1) is 0 Å². The molecule has 5 aromatic rings. The third kappa shape index (κ3) is 4.41. The van der Waals surface area contributed by atoms with E-state index in [2.05, 4.69) is 45.8 Å². The summed E-state index contributed by atoms with van der Waals surface area (Å²) in [6.45, 7) is 1.69. The van der Waals surface area contributed by atoms with Gasteiger partial charge in [0.2, 0.25) is 17.8 Å². The molecule has 0 spiro atoms. The monoisotopic (exact) mass is 460 g/mol. The zero-order valence-corrected chi connectivity index (χ0v) is 17.8. The molecule has 0 aliphatic heterocycles. The number of nitrogen functional groups attached to an aromatic ring is 1. The van der Waals surface area contributed by atoms with E-state index in [0.717, 1.165) is 28.4 Å². The maximum Gasteiger partial charge on any atom is 0.235 e. The van der Waals surface area contributed by atoms with Gasteiger partial charge in [0, 0.05) is 35.7 Å². The summed E-state index contributed by atoms with van der Waals surface area (Å²) in [5, 5.41) is 13.1. The fraction of sp³-hybridized carbons (Fsp3) is 0.0909. The van der Waals surface area contributed by atoms with Crippen LogP contribution in [0.4, 0.5) is 32.4 Å². The van der Waals surface area contributed by atoms with E-state index in [9.17, 15) is 8.78 Å². The van der Waals surface area contributed by atoms with Gasteiger partial charge in [-0.05, 0) is 25.1 Å². The van der Waals surface area contributed by atoms with Crippen molar-refractivity contribution in [1.29, 1.82) is 0 Å². The number of hydrogen-bond acceptors (Lipinski definition) is 9. The Labute approximate surface area is 191 Å². The van der Waals surface area contributed by atoms with Crippen LogP contribution in [-0.4, -0.2) is 35.1 Å². The molecule has 1 atom stereocenters. The number of aromatic nitrogens is 7. The lowest BCUT2D eigenvalue weighted by Crippen LogP contribution is -2.14. The normalized spacial score (nSPS) is 12.0. The SMILES string of the molecule is C[C@H](Nc1nc(N)nc(Nc2cc(-c3ccc4nccnc4c3)[nH]n2)n1)c1ccc(F)cc1F. The topological polar surface area (TPSA) is 143 Å². The molecule has 34 heavy (non-hydrogen) atoms. The molecule has 0 bridgehead atoms. The predicted molar refractivity (Wildman–Crippen MR) is 123 cm³/mol. The van der Waals surface area contributed by atoms with E-state index in [1.165, 1.54) is 12.1 Å². The van der Waals surface area contributed by atoms with E-state index in [1.807, 2.05) is 18.2 Å². The average Bonchev–Trinajstić information content (AvgIpc) is 3.26. The van der Waals surface area contributed by atoms with E-state index in [4.69, 9.17) is 5.73 Å². The molecule has 0 radical (unpaired) electrons. The number of aromatic amines is 1. The lowest BCUT2D eigenvalue weighted by Gasteiger charge is -2.15. The first-order valence-corrected chi connectivity index (χ1v) is 10.2. The number of nitrogens with two attached hydrogens (primary N) is 1. The first-order valence-electron chi connectivity index (χ1n) is 10.2. The quantitative estimate of drug-likeness (QED) is 0.296. The summed E-state index contributed by atoms with van der Waals surface area (Å²) in [5.74, 6) is -0.665. The number of nitrogens with zero attached hydrogens (tertiary/aromatic N) is 6. The second kappa shape index (κ2) is 8.65. The number of nitrogens with one attached hydrogen (secondary N) is 3. The fourth-order valence-electron chi connectivity index (χ4n) is 3.42. The number of hydrogen-bond donors (Lipinski definition) is 4. The maximum atomic E-state index is 14.1. The lowest BCUT2D eigenvalue weighted by molar-refractivity contribution is 0.566. The maximum absolute atomic E-state index is 14.1. The Morgan fingerprint density at radius 2 is 1.71 bits per heavy atom. The molecule has 0 saturated carbocycles. The van der Waals surface area contributed by atoms with Gasteiger partial charge in [-0.25, -0.2) is 8.78 Å².